The van der Waals surface area contributed by atoms with E-state index in [0.717, 1.165) is 48.1 Å². The summed E-state index contributed by atoms with van der Waals surface area (Å²) in [4.78, 5) is 41.5. The SMILES string of the molecule is Cc1ccc(C(=O)C(C(=O)NC2CCCCC2)N(C(=O)C(Cl)(Cl)Cl)c2ccc(C)cc2)cc1. The Morgan fingerprint density at radius 3 is 1.91 bits per heavy atom. The summed E-state index contributed by atoms with van der Waals surface area (Å²) in [7, 11) is 0. The van der Waals surface area contributed by atoms with Crippen LogP contribution < -0.4 is 10.2 Å². The number of alkyl halides is 3. The first-order valence-electron chi connectivity index (χ1n) is 11.0. The number of rotatable bonds is 6. The molecule has 1 N–H and O–H groups in total. The zero-order valence-corrected chi connectivity index (χ0v) is 20.9. The Balaban J connectivity index is 2.08. The average Bonchev–Trinajstić information content (AvgIpc) is 2.78. The molecular formula is C25H27Cl3N2O3. The minimum absolute atomic E-state index is 0.0673. The van der Waals surface area contributed by atoms with Gasteiger partial charge in [0.1, 0.15) is 0 Å². The number of benzene rings is 2. The highest BCUT2D eigenvalue weighted by Crippen LogP contribution is 2.33. The van der Waals surface area contributed by atoms with Gasteiger partial charge in [-0.1, -0.05) is 102 Å². The lowest BCUT2D eigenvalue weighted by Gasteiger charge is -2.34. The van der Waals surface area contributed by atoms with Crippen LogP contribution in [0.3, 0.4) is 0 Å². The van der Waals surface area contributed by atoms with Crippen molar-refractivity contribution in [2.45, 2.75) is 61.8 Å². The molecule has 176 valence electrons. The number of amides is 2. The second-order valence-electron chi connectivity index (χ2n) is 8.48. The molecule has 2 aromatic rings. The lowest BCUT2D eigenvalue weighted by Crippen LogP contribution is -2.58. The van der Waals surface area contributed by atoms with Gasteiger partial charge in [0, 0.05) is 17.3 Å². The van der Waals surface area contributed by atoms with Crippen molar-refractivity contribution in [1.82, 2.24) is 5.32 Å². The third kappa shape index (κ3) is 6.50. The Labute approximate surface area is 209 Å². The standard InChI is InChI=1S/C25H27Cl3N2O3/c1-16-8-12-18(13-9-16)22(31)21(23(32)29-19-6-4-3-5-7-19)30(24(33)25(26,27)28)20-14-10-17(2)11-15-20/h8-15,19,21H,3-7H2,1-2H3,(H,29,32). The summed E-state index contributed by atoms with van der Waals surface area (Å²) in [5.41, 5.74) is 2.48. The van der Waals surface area contributed by atoms with Gasteiger partial charge in [0.2, 0.25) is 0 Å². The molecule has 2 aromatic carbocycles. The van der Waals surface area contributed by atoms with Gasteiger partial charge in [-0.3, -0.25) is 19.3 Å². The lowest BCUT2D eigenvalue weighted by atomic mass is 9.94. The van der Waals surface area contributed by atoms with Gasteiger partial charge in [-0.2, -0.15) is 0 Å². The number of hydrogen-bond acceptors (Lipinski definition) is 3. The van der Waals surface area contributed by atoms with Crippen LogP contribution in [-0.2, 0) is 9.59 Å². The molecule has 33 heavy (non-hydrogen) atoms. The third-order valence-corrected chi connectivity index (χ3v) is 6.30. The third-order valence-electron chi connectivity index (χ3n) is 5.82. The number of Topliss-reactive ketones (excluding diaryl/α,β-unsaturated/α-hetero) is 1. The van der Waals surface area contributed by atoms with Crippen LogP contribution in [0.1, 0.15) is 53.6 Å². The summed E-state index contributed by atoms with van der Waals surface area (Å²) < 4.78 is -2.36. The van der Waals surface area contributed by atoms with E-state index in [-0.39, 0.29) is 6.04 Å². The molecule has 1 atom stereocenters. The van der Waals surface area contributed by atoms with E-state index in [1.165, 1.54) is 0 Å². The van der Waals surface area contributed by atoms with Crippen LogP contribution in [0.15, 0.2) is 48.5 Å². The first kappa shape index (κ1) is 25.5. The van der Waals surface area contributed by atoms with Crippen molar-refractivity contribution in [1.29, 1.82) is 0 Å². The van der Waals surface area contributed by atoms with E-state index < -0.39 is 27.4 Å². The van der Waals surface area contributed by atoms with Gasteiger partial charge in [0.05, 0.1) is 0 Å². The zero-order valence-electron chi connectivity index (χ0n) is 18.6. The summed E-state index contributed by atoms with van der Waals surface area (Å²) in [5, 5.41) is 2.97. The monoisotopic (exact) mass is 508 g/mol. The molecule has 0 saturated heterocycles. The van der Waals surface area contributed by atoms with Gasteiger partial charge in [-0.25, -0.2) is 0 Å². The molecular weight excluding hydrogens is 483 g/mol. The summed E-state index contributed by atoms with van der Waals surface area (Å²) in [5.74, 6) is -2.11. The second-order valence-corrected chi connectivity index (χ2v) is 10.8. The van der Waals surface area contributed by atoms with Crippen LogP contribution in [0.4, 0.5) is 5.69 Å². The highest BCUT2D eigenvalue weighted by molar-refractivity contribution is 6.77. The van der Waals surface area contributed by atoms with Crippen LogP contribution in [-0.4, -0.2) is 33.5 Å². The van der Waals surface area contributed by atoms with Crippen molar-refractivity contribution in [2.75, 3.05) is 4.90 Å². The van der Waals surface area contributed by atoms with Gasteiger partial charge in [-0.05, 0) is 38.8 Å². The smallest absolute Gasteiger partial charge is 0.280 e. The van der Waals surface area contributed by atoms with Crippen molar-refractivity contribution in [3.05, 3.63) is 65.2 Å². The lowest BCUT2D eigenvalue weighted by molar-refractivity contribution is -0.125. The van der Waals surface area contributed by atoms with Gasteiger partial charge < -0.3 is 5.32 Å². The second kappa shape index (κ2) is 10.9. The molecule has 1 aliphatic rings. The van der Waals surface area contributed by atoms with E-state index in [1.54, 1.807) is 48.5 Å². The maximum Gasteiger partial charge on any atom is 0.280 e. The molecule has 0 aliphatic heterocycles. The number of hydrogen-bond donors (Lipinski definition) is 1. The van der Waals surface area contributed by atoms with E-state index in [4.69, 9.17) is 34.8 Å². The largest absolute Gasteiger partial charge is 0.351 e. The Bertz CT molecular complexity index is 995. The van der Waals surface area contributed by atoms with Gasteiger partial charge in [0.15, 0.2) is 11.8 Å². The molecule has 1 fully saturated rings. The van der Waals surface area contributed by atoms with Crippen molar-refractivity contribution < 1.29 is 14.4 Å². The Morgan fingerprint density at radius 1 is 0.879 bits per heavy atom. The predicted molar refractivity (Wildman–Crippen MR) is 133 cm³/mol. The topological polar surface area (TPSA) is 66.5 Å². The highest BCUT2D eigenvalue weighted by Gasteiger charge is 2.45. The maximum atomic E-state index is 13.7. The number of nitrogens with one attached hydrogen (secondary N) is 1. The average molecular weight is 510 g/mol. The Hall–Kier alpha value is -2.08. The van der Waals surface area contributed by atoms with Crippen molar-refractivity contribution in [3.8, 4) is 0 Å². The van der Waals surface area contributed by atoms with Crippen LogP contribution in [0.25, 0.3) is 0 Å². The number of ketones is 1. The Morgan fingerprint density at radius 2 is 1.39 bits per heavy atom. The fraction of sp³-hybridized carbons (Fsp3) is 0.400. The summed E-state index contributed by atoms with van der Waals surface area (Å²) in [6.45, 7) is 3.78. The highest BCUT2D eigenvalue weighted by atomic mass is 35.6. The van der Waals surface area contributed by atoms with Crippen molar-refractivity contribution in [2.24, 2.45) is 0 Å². The van der Waals surface area contributed by atoms with E-state index in [9.17, 15) is 14.4 Å². The molecule has 5 nitrogen and oxygen atoms in total. The van der Waals surface area contributed by atoms with Crippen LogP contribution >= 0.6 is 34.8 Å². The molecule has 0 bridgehead atoms. The van der Waals surface area contributed by atoms with Crippen LogP contribution in [0.2, 0.25) is 0 Å². The number of anilines is 1. The predicted octanol–water partition coefficient (Wildman–Crippen LogP) is 5.71. The molecule has 1 unspecified atom stereocenters. The Kier molecular flexibility index (Phi) is 8.43. The number of aryl methyl sites for hydroxylation is 2. The number of carbonyl (C=O) groups excluding carboxylic acids is 3. The number of halogens is 3. The van der Waals surface area contributed by atoms with Gasteiger partial charge in [-0.15, -0.1) is 0 Å². The van der Waals surface area contributed by atoms with E-state index in [1.807, 2.05) is 13.8 Å². The first-order valence-corrected chi connectivity index (χ1v) is 12.1. The van der Waals surface area contributed by atoms with Crippen molar-refractivity contribution >= 4 is 58.1 Å². The van der Waals surface area contributed by atoms with E-state index >= 15 is 0 Å². The molecule has 1 saturated carbocycles. The fourth-order valence-electron chi connectivity index (χ4n) is 3.98. The summed E-state index contributed by atoms with van der Waals surface area (Å²) in [6.07, 6.45) is 4.74. The van der Waals surface area contributed by atoms with Crippen LogP contribution in [0, 0.1) is 13.8 Å². The van der Waals surface area contributed by atoms with E-state index in [2.05, 4.69) is 5.32 Å². The maximum absolute atomic E-state index is 13.7. The molecule has 0 aromatic heterocycles. The van der Waals surface area contributed by atoms with Gasteiger partial charge in [0.25, 0.3) is 15.6 Å². The molecule has 0 radical (unpaired) electrons. The quantitative estimate of drug-likeness (QED) is 0.308. The van der Waals surface area contributed by atoms with Crippen molar-refractivity contribution in [3.63, 3.8) is 0 Å². The molecule has 0 heterocycles. The molecule has 8 heteroatoms. The molecule has 1 aliphatic carbocycles. The number of nitrogens with zero attached hydrogens (tertiary/aromatic N) is 1. The summed E-state index contributed by atoms with van der Waals surface area (Å²) >= 11 is 17.9. The minimum Gasteiger partial charge on any atom is -0.351 e. The first-order chi connectivity index (χ1) is 15.6. The fourth-order valence-corrected chi connectivity index (χ4v) is 4.25. The number of carbonyl (C=O) groups is 3. The molecule has 3 rings (SSSR count). The van der Waals surface area contributed by atoms with Crippen LogP contribution in [0.5, 0.6) is 0 Å². The molecule has 0 spiro atoms. The summed E-state index contributed by atoms with van der Waals surface area (Å²) in [6, 6.07) is 12.0. The van der Waals surface area contributed by atoms with Gasteiger partial charge >= 0.3 is 0 Å². The molecule has 2 amide bonds. The zero-order chi connectivity index (χ0) is 24.2. The normalized spacial score (nSPS) is 15.5. The van der Waals surface area contributed by atoms with E-state index in [0.29, 0.717) is 11.3 Å². The minimum atomic E-state index is -2.36.